The van der Waals surface area contributed by atoms with Crippen molar-refractivity contribution in [3.05, 3.63) is 0 Å². The first kappa shape index (κ1) is 13.8. The van der Waals surface area contributed by atoms with Crippen LogP contribution in [0.4, 0.5) is 0 Å². The Hall–Kier alpha value is -0.610. The minimum Gasteiger partial charge on any atom is -0.342 e. The molecule has 1 N–H and O–H groups in total. The molecule has 2 aliphatic rings. The molecule has 1 amide bonds. The summed E-state index contributed by atoms with van der Waals surface area (Å²) in [5, 5.41) is 3.32. The maximum Gasteiger partial charge on any atom is 0.236 e. The van der Waals surface area contributed by atoms with Gasteiger partial charge in [0.15, 0.2) is 0 Å². The van der Waals surface area contributed by atoms with Crippen LogP contribution in [0.25, 0.3) is 0 Å². The molecule has 2 fully saturated rings. The normalized spacial score (nSPS) is 23.6. The maximum atomic E-state index is 12.2. The lowest BCUT2D eigenvalue weighted by Gasteiger charge is -2.35. The van der Waals surface area contributed by atoms with Crippen LogP contribution in [-0.4, -0.2) is 61.5 Å². The monoisotopic (exact) mass is 253 g/mol. The van der Waals surface area contributed by atoms with E-state index in [4.69, 9.17) is 0 Å². The topological polar surface area (TPSA) is 35.6 Å². The molecule has 104 valence electrons. The minimum absolute atomic E-state index is 0.333. The fourth-order valence-electron chi connectivity index (χ4n) is 2.98. The van der Waals surface area contributed by atoms with E-state index in [0.29, 0.717) is 12.5 Å². The van der Waals surface area contributed by atoms with Gasteiger partial charge in [-0.3, -0.25) is 9.69 Å². The second-order valence-electron chi connectivity index (χ2n) is 5.99. The number of nitrogens with zero attached hydrogens (tertiary/aromatic N) is 2. The summed E-state index contributed by atoms with van der Waals surface area (Å²) < 4.78 is 0. The van der Waals surface area contributed by atoms with Crippen molar-refractivity contribution in [3.8, 4) is 0 Å². The average molecular weight is 253 g/mol. The van der Waals surface area contributed by atoms with Crippen molar-refractivity contribution < 1.29 is 4.79 Å². The fraction of sp³-hybridized carbons (Fsp3) is 0.929. The first-order valence-electron chi connectivity index (χ1n) is 7.37. The van der Waals surface area contributed by atoms with Gasteiger partial charge in [0.2, 0.25) is 5.91 Å². The summed E-state index contributed by atoms with van der Waals surface area (Å²) in [5.41, 5.74) is 0. The van der Waals surface area contributed by atoms with Crippen LogP contribution in [0.5, 0.6) is 0 Å². The summed E-state index contributed by atoms with van der Waals surface area (Å²) in [4.78, 5) is 16.5. The van der Waals surface area contributed by atoms with Crippen molar-refractivity contribution >= 4 is 5.91 Å². The molecule has 0 atom stereocenters. The lowest BCUT2D eigenvalue weighted by atomic mass is 9.87. The van der Waals surface area contributed by atoms with Gasteiger partial charge in [0, 0.05) is 39.3 Å². The first-order chi connectivity index (χ1) is 8.66. The molecule has 18 heavy (non-hydrogen) atoms. The highest BCUT2D eigenvalue weighted by molar-refractivity contribution is 5.78. The van der Waals surface area contributed by atoms with E-state index in [2.05, 4.69) is 29.0 Å². The van der Waals surface area contributed by atoms with Crippen LogP contribution >= 0.6 is 0 Å². The summed E-state index contributed by atoms with van der Waals surface area (Å²) in [7, 11) is 0. The van der Waals surface area contributed by atoms with Crippen molar-refractivity contribution in [1.29, 1.82) is 0 Å². The van der Waals surface area contributed by atoms with Gasteiger partial charge in [-0.25, -0.2) is 0 Å². The lowest BCUT2D eigenvalue weighted by molar-refractivity contribution is -0.134. The molecule has 2 heterocycles. The van der Waals surface area contributed by atoms with Crippen LogP contribution in [0.15, 0.2) is 0 Å². The predicted molar refractivity (Wildman–Crippen MR) is 73.5 cm³/mol. The van der Waals surface area contributed by atoms with Crippen LogP contribution in [0.1, 0.15) is 26.7 Å². The van der Waals surface area contributed by atoms with E-state index in [0.717, 1.165) is 51.1 Å². The molecule has 2 saturated heterocycles. The van der Waals surface area contributed by atoms with Crippen molar-refractivity contribution in [2.75, 3.05) is 45.8 Å². The first-order valence-corrected chi connectivity index (χ1v) is 7.37. The Bertz CT molecular complexity index is 266. The van der Waals surface area contributed by atoms with E-state index in [1.807, 2.05) is 0 Å². The number of piperidine rings is 1. The second-order valence-corrected chi connectivity index (χ2v) is 5.99. The van der Waals surface area contributed by atoms with E-state index in [1.165, 1.54) is 12.8 Å². The Morgan fingerprint density at radius 1 is 1.17 bits per heavy atom. The highest BCUT2D eigenvalue weighted by Gasteiger charge is 2.25. The van der Waals surface area contributed by atoms with Crippen LogP contribution < -0.4 is 5.32 Å². The van der Waals surface area contributed by atoms with E-state index >= 15 is 0 Å². The Morgan fingerprint density at radius 2 is 1.78 bits per heavy atom. The molecule has 0 spiro atoms. The zero-order valence-corrected chi connectivity index (χ0v) is 11.8. The third-order valence-corrected chi connectivity index (χ3v) is 4.40. The predicted octanol–water partition coefficient (Wildman–Crippen LogP) is 0.786. The molecule has 0 aromatic heterocycles. The third-order valence-electron chi connectivity index (χ3n) is 4.40. The van der Waals surface area contributed by atoms with Gasteiger partial charge in [-0.15, -0.1) is 0 Å². The number of nitrogens with one attached hydrogen (secondary N) is 1. The van der Waals surface area contributed by atoms with Crippen molar-refractivity contribution in [2.45, 2.75) is 26.7 Å². The number of carbonyl (C=O) groups is 1. The van der Waals surface area contributed by atoms with Gasteiger partial charge in [-0.05, 0) is 24.7 Å². The Balaban J connectivity index is 1.73. The molecule has 0 aromatic carbocycles. The summed E-state index contributed by atoms with van der Waals surface area (Å²) in [6, 6.07) is 0. The summed E-state index contributed by atoms with van der Waals surface area (Å²) in [6.07, 6.45) is 2.37. The van der Waals surface area contributed by atoms with Gasteiger partial charge in [0.1, 0.15) is 0 Å². The van der Waals surface area contributed by atoms with E-state index in [1.54, 1.807) is 0 Å². The number of piperazine rings is 1. The quantitative estimate of drug-likeness (QED) is 0.807. The number of carbonyl (C=O) groups excluding carboxylic acids is 1. The molecule has 0 unspecified atom stereocenters. The largest absolute Gasteiger partial charge is 0.342 e. The average Bonchev–Trinajstić information content (AvgIpc) is 2.40. The molecule has 0 radical (unpaired) electrons. The molecule has 0 aliphatic carbocycles. The molecule has 4 heteroatoms. The van der Waals surface area contributed by atoms with Gasteiger partial charge < -0.3 is 10.2 Å². The fourth-order valence-corrected chi connectivity index (χ4v) is 2.98. The van der Waals surface area contributed by atoms with Gasteiger partial charge in [0.05, 0.1) is 6.54 Å². The number of likely N-dealkylation sites (tertiary alicyclic amines) is 1. The molecule has 0 bridgehead atoms. The lowest BCUT2D eigenvalue weighted by Crippen LogP contribution is -2.49. The van der Waals surface area contributed by atoms with E-state index < -0.39 is 0 Å². The van der Waals surface area contributed by atoms with Crippen LogP contribution in [-0.2, 0) is 4.79 Å². The number of hydrogen-bond acceptors (Lipinski definition) is 3. The molecule has 2 rings (SSSR count). The smallest absolute Gasteiger partial charge is 0.236 e. The van der Waals surface area contributed by atoms with Crippen molar-refractivity contribution in [2.24, 2.45) is 11.8 Å². The zero-order chi connectivity index (χ0) is 13.0. The van der Waals surface area contributed by atoms with Crippen LogP contribution in [0.2, 0.25) is 0 Å². The second kappa shape index (κ2) is 6.53. The zero-order valence-electron chi connectivity index (χ0n) is 11.8. The summed E-state index contributed by atoms with van der Waals surface area (Å²) in [5.74, 6) is 1.91. The maximum absolute atomic E-state index is 12.2. The van der Waals surface area contributed by atoms with Gasteiger partial charge in [-0.1, -0.05) is 13.8 Å². The molecular weight excluding hydrogens is 226 g/mol. The number of rotatable bonds is 3. The standard InChI is InChI=1S/C14H27N3O/c1-12(2)13-3-7-17(8-4-13)14(18)11-16-9-5-15-6-10-16/h12-13,15H,3-11H2,1-2H3. The molecule has 0 aromatic rings. The van der Waals surface area contributed by atoms with Gasteiger partial charge in [0.25, 0.3) is 0 Å². The van der Waals surface area contributed by atoms with Crippen LogP contribution in [0, 0.1) is 11.8 Å². The number of amides is 1. The van der Waals surface area contributed by atoms with Gasteiger partial charge in [-0.2, -0.15) is 0 Å². The van der Waals surface area contributed by atoms with Crippen molar-refractivity contribution in [1.82, 2.24) is 15.1 Å². The SMILES string of the molecule is CC(C)C1CCN(C(=O)CN2CCNCC2)CC1. The minimum atomic E-state index is 0.333. The molecule has 0 saturated carbocycles. The van der Waals surface area contributed by atoms with Gasteiger partial charge >= 0.3 is 0 Å². The molecule has 4 nitrogen and oxygen atoms in total. The highest BCUT2D eigenvalue weighted by atomic mass is 16.2. The summed E-state index contributed by atoms with van der Waals surface area (Å²) in [6.45, 7) is 11.2. The Labute approximate surface area is 111 Å². The van der Waals surface area contributed by atoms with E-state index in [9.17, 15) is 4.79 Å². The molecule has 2 aliphatic heterocycles. The Morgan fingerprint density at radius 3 is 2.33 bits per heavy atom. The molecular formula is C14H27N3O. The van der Waals surface area contributed by atoms with Crippen LogP contribution in [0.3, 0.4) is 0 Å². The Kier molecular flexibility index (Phi) is 5.01. The highest BCUT2D eigenvalue weighted by Crippen LogP contribution is 2.24. The summed E-state index contributed by atoms with van der Waals surface area (Å²) >= 11 is 0. The number of hydrogen-bond donors (Lipinski definition) is 1. The van der Waals surface area contributed by atoms with Crippen molar-refractivity contribution in [3.63, 3.8) is 0 Å². The third kappa shape index (κ3) is 3.69. The van der Waals surface area contributed by atoms with E-state index in [-0.39, 0.29) is 0 Å².